The molecule has 4 atom stereocenters. The molecule has 0 radical (unpaired) electrons. The highest BCUT2D eigenvalue weighted by Gasteiger charge is 2.37. The number of ether oxygens (including phenoxy) is 1. The maximum absolute atomic E-state index is 11.3. The molecule has 27 heavy (non-hydrogen) atoms. The van der Waals surface area contributed by atoms with Crippen molar-refractivity contribution >= 4 is 14.1 Å². The van der Waals surface area contributed by atoms with Gasteiger partial charge in [0, 0.05) is 12.5 Å². The molecule has 1 rings (SSSR count). The van der Waals surface area contributed by atoms with Gasteiger partial charge in [0.15, 0.2) is 8.32 Å². The molecule has 158 valence electrons. The number of aliphatic hydroxyl groups is 1. The van der Waals surface area contributed by atoms with Gasteiger partial charge in [0.1, 0.15) is 5.78 Å². The summed E-state index contributed by atoms with van der Waals surface area (Å²) in [6, 6.07) is 0. The molecule has 1 fully saturated rings. The number of aliphatic hydroxyl groups excluding tert-OH is 1. The normalized spacial score (nSPS) is 23.5. The van der Waals surface area contributed by atoms with Gasteiger partial charge in [-0.15, -0.1) is 0 Å². The maximum atomic E-state index is 11.3. The van der Waals surface area contributed by atoms with E-state index in [9.17, 15) is 9.90 Å². The molecule has 0 bridgehead atoms. The van der Waals surface area contributed by atoms with Crippen molar-refractivity contribution in [3.05, 3.63) is 12.2 Å². The van der Waals surface area contributed by atoms with Crippen LogP contribution in [0.1, 0.15) is 73.1 Å². The number of ketones is 1. The Morgan fingerprint density at radius 2 is 2.00 bits per heavy atom. The lowest BCUT2D eigenvalue weighted by molar-refractivity contribution is -0.121. The lowest BCUT2D eigenvalue weighted by Gasteiger charge is -2.36. The summed E-state index contributed by atoms with van der Waals surface area (Å²) < 4.78 is 12.4. The molecule has 1 aliphatic rings. The van der Waals surface area contributed by atoms with E-state index in [0.717, 1.165) is 37.9 Å². The van der Waals surface area contributed by atoms with Gasteiger partial charge in [-0.05, 0) is 69.2 Å². The first-order valence-electron chi connectivity index (χ1n) is 10.5. The van der Waals surface area contributed by atoms with Crippen LogP contribution in [0.2, 0.25) is 18.1 Å². The van der Waals surface area contributed by atoms with Gasteiger partial charge in [-0.3, -0.25) is 4.79 Å². The molecule has 0 unspecified atom stereocenters. The molecular formula is C22H42O4Si. The largest absolute Gasteiger partial charge is 0.417 e. The first-order valence-corrected chi connectivity index (χ1v) is 13.4. The van der Waals surface area contributed by atoms with E-state index in [-0.39, 0.29) is 28.9 Å². The van der Waals surface area contributed by atoms with Crippen LogP contribution in [0, 0.1) is 5.92 Å². The second kappa shape index (κ2) is 10.3. The summed E-state index contributed by atoms with van der Waals surface area (Å²) in [6.45, 7) is 19.8. The van der Waals surface area contributed by atoms with Gasteiger partial charge < -0.3 is 14.3 Å². The number of rotatable bonds is 11. The van der Waals surface area contributed by atoms with Crippen molar-refractivity contribution in [3.63, 3.8) is 0 Å². The number of hydrogen-bond donors (Lipinski definition) is 1. The van der Waals surface area contributed by atoms with Gasteiger partial charge in [-0.25, -0.2) is 0 Å². The summed E-state index contributed by atoms with van der Waals surface area (Å²) in [5, 5.41) is 10.4. The van der Waals surface area contributed by atoms with Crippen LogP contribution in [0.5, 0.6) is 0 Å². The van der Waals surface area contributed by atoms with Gasteiger partial charge >= 0.3 is 0 Å². The summed E-state index contributed by atoms with van der Waals surface area (Å²) in [7, 11) is -1.67. The molecule has 0 aromatic heterocycles. The summed E-state index contributed by atoms with van der Waals surface area (Å²) in [5.74, 6) is 0.0527. The molecule has 0 aromatic carbocycles. The molecule has 1 heterocycles. The summed E-state index contributed by atoms with van der Waals surface area (Å²) >= 11 is 0. The van der Waals surface area contributed by atoms with Crippen LogP contribution in [0.3, 0.4) is 0 Å². The second-order valence-corrected chi connectivity index (χ2v) is 14.6. The lowest BCUT2D eigenvalue weighted by Crippen LogP contribution is -2.41. The van der Waals surface area contributed by atoms with Gasteiger partial charge in [0.2, 0.25) is 0 Å². The highest BCUT2D eigenvalue weighted by molar-refractivity contribution is 6.74. The standard InChI is InChI=1S/C22H42O4Si/c1-16(18(3)23)14-19(24)11-12-21-17(2)15-20(26-21)10-9-13-25-27(7,8)22(4,5)6/h16,19-21,24H,2,9-15H2,1,3-8H3/t16-,19-,20+,21+/m1/s1. The van der Waals surface area contributed by atoms with E-state index >= 15 is 0 Å². The van der Waals surface area contributed by atoms with Crippen LogP contribution in [-0.2, 0) is 14.0 Å². The van der Waals surface area contributed by atoms with Gasteiger partial charge in [-0.1, -0.05) is 34.3 Å². The van der Waals surface area contributed by atoms with Crippen LogP contribution in [0.4, 0.5) is 0 Å². The highest BCUT2D eigenvalue weighted by Crippen LogP contribution is 2.37. The monoisotopic (exact) mass is 398 g/mol. The van der Waals surface area contributed by atoms with E-state index in [1.54, 1.807) is 6.92 Å². The molecule has 1 N–H and O–H groups in total. The summed E-state index contributed by atoms with van der Waals surface area (Å²) in [6.07, 6.45) is 4.69. The molecule has 0 spiro atoms. The number of hydrogen-bond acceptors (Lipinski definition) is 4. The van der Waals surface area contributed by atoms with Crippen molar-refractivity contribution in [2.24, 2.45) is 5.92 Å². The Bertz CT molecular complexity index is 495. The van der Waals surface area contributed by atoms with Gasteiger partial charge in [0.25, 0.3) is 0 Å². The van der Waals surface area contributed by atoms with E-state index in [1.165, 1.54) is 0 Å². The topological polar surface area (TPSA) is 55.8 Å². The van der Waals surface area contributed by atoms with E-state index in [0.29, 0.717) is 12.8 Å². The average molecular weight is 399 g/mol. The zero-order valence-corrected chi connectivity index (χ0v) is 19.6. The molecule has 0 aromatic rings. The Morgan fingerprint density at radius 3 is 2.56 bits per heavy atom. The molecule has 5 heteroatoms. The predicted molar refractivity (Wildman–Crippen MR) is 115 cm³/mol. The Labute approximate surface area is 167 Å². The molecule has 0 aliphatic carbocycles. The van der Waals surface area contributed by atoms with Crippen LogP contribution in [0.25, 0.3) is 0 Å². The minimum atomic E-state index is -1.67. The fourth-order valence-electron chi connectivity index (χ4n) is 3.13. The van der Waals surface area contributed by atoms with Crippen LogP contribution in [-0.4, -0.2) is 44.1 Å². The van der Waals surface area contributed by atoms with Crippen molar-refractivity contribution in [1.29, 1.82) is 0 Å². The van der Waals surface area contributed by atoms with Gasteiger partial charge in [-0.2, -0.15) is 0 Å². The number of carbonyl (C=O) groups is 1. The SMILES string of the molecule is C=C1C[C@H](CCCO[Si](C)(C)C(C)(C)C)O[C@H]1CC[C@@H](O)C[C@@H](C)C(C)=O. The quantitative estimate of drug-likeness (QED) is 0.293. The zero-order valence-electron chi connectivity index (χ0n) is 18.6. The third-order valence-electron chi connectivity index (χ3n) is 6.32. The van der Waals surface area contributed by atoms with Crippen molar-refractivity contribution < 1.29 is 19.1 Å². The molecule has 1 saturated heterocycles. The summed E-state index contributed by atoms with van der Waals surface area (Å²) in [5.41, 5.74) is 1.14. The van der Waals surface area contributed by atoms with Crippen LogP contribution < -0.4 is 0 Å². The molecular weight excluding hydrogens is 356 g/mol. The van der Waals surface area contributed by atoms with Crippen molar-refractivity contribution in [2.75, 3.05) is 6.61 Å². The number of Topliss-reactive ketones (excluding diaryl/α,β-unsaturated/α-hetero) is 1. The Hall–Kier alpha value is -0.493. The van der Waals surface area contributed by atoms with E-state index in [2.05, 4.69) is 40.4 Å². The zero-order chi connectivity index (χ0) is 20.8. The fourth-order valence-corrected chi connectivity index (χ4v) is 4.22. The maximum Gasteiger partial charge on any atom is 0.191 e. The predicted octanol–water partition coefficient (Wildman–Crippen LogP) is 5.26. The smallest absolute Gasteiger partial charge is 0.191 e. The lowest BCUT2D eigenvalue weighted by atomic mass is 9.95. The van der Waals surface area contributed by atoms with E-state index in [4.69, 9.17) is 9.16 Å². The Morgan fingerprint density at radius 1 is 1.37 bits per heavy atom. The molecule has 4 nitrogen and oxygen atoms in total. The minimum absolute atomic E-state index is 0.0404. The highest BCUT2D eigenvalue weighted by atomic mass is 28.4. The molecule has 0 saturated carbocycles. The van der Waals surface area contributed by atoms with Crippen LogP contribution >= 0.6 is 0 Å². The third kappa shape index (κ3) is 8.18. The van der Waals surface area contributed by atoms with Crippen LogP contribution in [0.15, 0.2) is 12.2 Å². The van der Waals surface area contributed by atoms with Gasteiger partial charge in [0.05, 0.1) is 18.3 Å². The molecule has 0 amide bonds. The van der Waals surface area contributed by atoms with Crippen molar-refractivity contribution in [2.45, 2.75) is 110 Å². The summed E-state index contributed by atoms with van der Waals surface area (Å²) in [4.78, 5) is 11.3. The average Bonchev–Trinajstić information content (AvgIpc) is 2.88. The van der Waals surface area contributed by atoms with Crippen molar-refractivity contribution in [1.82, 2.24) is 0 Å². The first kappa shape index (κ1) is 24.5. The Balaban J connectivity index is 2.29. The van der Waals surface area contributed by atoms with E-state index in [1.807, 2.05) is 6.92 Å². The second-order valence-electron chi connectivity index (χ2n) is 9.84. The molecule has 1 aliphatic heterocycles. The third-order valence-corrected chi connectivity index (χ3v) is 10.9. The Kier molecular flexibility index (Phi) is 9.39. The minimum Gasteiger partial charge on any atom is -0.417 e. The first-order chi connectivity index (χ1) is 12.3. The fraction of sp³-hybridized carbons (Fsp3) is 0.864. The number of carbonyl (C=O) groups excluding carboxylic acids is 1. The van der Waals surface area contributed by atoms with Crippen molar-refractivity contribution in [3.8, 4) is 0 Å². The van der Waals surface area contributed by atoms with E-state index < -0.39 is 14.4 Å².